The zero-order valence-corrected chi connectivity index (χ0v) is 22.3. The number of carbonyl (C=O) groups is 1. The number of hydrogen-bond acceptors (Lipinski definition) is 8. The fraction of sp³-hybridized carbons (Fsp3) is 0.400. The van der Waals surface area contributed by atoms with E-state index in [2.05, 4.69) is 0 Å². The van der Waals surface area contributed by atoms with Gasteiger partial charge in [-0.25, -0.2) is 14.2 Å². The summed E-state index contributed by atoms with van der Waals surface area (Å²) in [7, 11) is -3.67. The van der Waals surface area contributed by atoms with E-state index < -0.39 is 21.7 Å². The van der Waals surface area contributed by atoms with Crippen LogP contribution in [0.4, 0.5) is 4.39 Å². The molecule has 0 fully saturated rings. The summed E-state index contributed by atoms with van der Waals surface area (Å²) in [6, 6.07) is 2.84. The molecule has 39 heavy (non-hydrogen) atoms. The maximum atomic E-state index is 14.7. The Morgan fingerprint density at radius 2 is 1.87 bits per heavy atom. The highest BCUT2D eigenvalue weighted by Gasteiger charge is 2.45. The number of rotatable bonds is 1. The Balaban J connectivity index is 0.000000554. The summed E-state index contributed by atoms with van der Waals surface area (Å²) in [5.41, 5.74) is 9.72. The Bertz CT molecular complexity index is 1680. The maximum absolute atomic E-state index is 14.7. The second-order valence-corrected chi connectivity index (χ2v) is 11.2. The number of halogens is 1. The largest absolute Gasteiger partial charge is 0.458 e. The van der Waals surface area contributed by atoms with Gasteiger partial charge in [-0.15, -0.1) is 0 Å². The van der Waals surface area contributed by atoms with Gasteiger partial charge < -0.3 is 31.1 Å². The molecule has 2 atom stereocenters. The number of esters is 1. The molecular formula is C25H30FN3O9S. The first-order valence-electron chi connectivity index (χ1n) is 11.8. The number of nitrogens with zero attached hydrogens (tertiary/aromatic N) is 2. The van der Waals surface area contributed by atoms with Crippen LogP contribution >= 0.6 is 0 Å². The van der Waals surface area contributed by atoms with Crippen LogP contribution in [0, 0.1) is 12.7 Å². The first kappa shape index (κ1) is 30.3. The fourth-order valence-corrected chi connectivity index (χ4v) is 5.59. The molecule has 212 valence electrons. The molecule has 3 aliphatic rings. The number of fused-ring (bicyclic) bond motifs is 5. The predicted octanol–water partition coefficient (Wildman–Crippen LogP) is 0.328. The molecule has 0 amide bonds. The highest BCUT2D eigenvalue weighted by Crippen LogP contribution is 2.45. The summed E-state index contributed by atoms with van der Waals surface area (Å²) < 4.78 is 47.2. The fourth-order valence-electron chi connectivity index (χ4n) is 5.59. The monoisotopic (exact) mass is 567 g/mol. The molecule has 0 spiro atoms. The van der Waals surface area contributed by atoms with Crippen molar-refractivity contribution in [3.8, 4) is 11.4 Å². The zero-order valence-electron chi connectivity index (χ0n) is 21.5. The van der Waals surface area contributed by atoms with Gasteiger partial charge in [0.15, 0.2) is 5.60 Å². The van der Waals surface area contributed by atoms with Crippen molar-refractivity contribution in [1.29, 1.82) is 0 Å². The minimum absolute atomic E-state index is 0. The molecule has 0 saturated heterocycles. The second kappa shape index (κ2) is 10.0. The third-order valence-corrected chi connectivity index (χ3v) is 7.42. The third-order valence-electron chi connectivity index (χ3n) is 7.42. The van der Waals surface area contributed by atoms with E-state index in [1.54, 1.807) is 24.5 Å². The van der Waals surface area contributed by atoms with Gasteiger partial charge in [0.2, 0.25) is 0 Å². The van der Waals surface area contributed by atoms with Crippen LogP contribution in [0.5, 0.6) is 0 Å². The predicted molar refractivity (Wildman–Crippen MR) is 139 cm³/mol. The Morgan fingerprint density at radius 1 is 1.23 bits per heavy atom. The smallest absolute Gasteiger partial charge is 0.343 e. The molecule has 1 aromatic carbocycles. The lowest BCUT2D eigenvalue weighted by Gasteiger charge is -2.31. The van der Waals surface area contributed by atoms with Gasteiger partial charge in [0.25, 0.3) is 15.7 Å². The number of carbonyl (C=O) groups excluding carboxylic acids is 1. The quantitative estimate of drug-likeness (QED) is 0.212. The molecule has 6 rings (SSSR count). The molecule has 2 aliphatic heterocycles. The normalized spacial score (nSPS) is 20.4. The minimum atomic E-state index is -3.67. The summed E-state index contributed by atoms with van der Waals surface area (Å²) >= 11 is 0. The topological polar surface area (TPSA) is 225 Å². The van der Waals surface area contributed by atoms with E-state index in [1.807, 2.05) is 0 Å². The summed E-state index contributed by atoms with van der Waals surface area (Å²) in [4.78, 5) is 30.5. The maximum Gasteiger partial charge on any atom is 0.343 e. The Labute approximate surface area is 222 Å². The first-order valence-corrected chi connectivity index (χ1v) is 13.6. The van der Waals surface area contributed by atoms with Crippen molar-refractivity contribution in [3.05, 3.63) is 61.7 Å². The van der Waals surface area contributed by atoms with E-state index in [1.165, 1.54) is 6.07 Å². The van der Waals surface area contributed by atoms with Gasteiger partial charge in [0.1, 0.15) is 12.4 Å². The van der Waals surface area contributed by atoms with E-state index in [0.29, 0.717) is 41.6 Å². The number of hydrogen-bond donors (Lipinski definition) is 3. The molecular weight excluding hydrogens is 537 g/mol. The minimum Gasteiger partial charge on any atom is -0.458 e. The number of ether oxygens (including phenoxy) is 1. The lowest BCUT2D eigenvalue weighted by Crippen LogP contribution is -2.44. The first-order chi connectivity index (χ1) is 17.3. The molecule has 12 nitrogen and oxygen atoms in total. The number of benzene rings is 1. The molecule has 0 radical (unpaired) electrons. The Kier molecular flexibility index (Phi) is 7.79. The lowest BCUT2D eigenvalue weighted by molar-refractivity contribution is -0.172. The van der Waals surface area contributed by atoms with E-state index in [0.717, 1.165) is 22.1 Å². The van der Waals surface area contributed by atoms with Crippen molar-refractivity contribution in [3.63, 3.8) is 0 Å². The van der Waals surface area contributed by atoms with Crippen LogP contribution in [0.3, 0.4) is 0 Å². The molecule has 2 unspecified atom stereocenters. The van der Waals surface area contributed by atoms with Gasteiger partial charge in [0.05, 0.1) is 35.3 Å². The van der Waals surface area contributed by atoms with Gasteiger partial charge in [-0.2, -0.15) is 8.42 Å². The van der Waals surface area contributed by atoms with Crippen molar-refractivity contribution < 1.29 is 43.0 Å². The summed E-state index contributed by atoms with van der Waals surface area (Å²) in [5, 5.41) is 11.9. The van der Waals surface area contributed by atoms with Gasteiger partial charge >= 0.3 is 5.97 Å². The Hall–Kier alpha value is -3.27. The number of aryl methyl sites for hydroxylation is 1. The third kappa shape index (κ3) is 4.62. The van der Waals surface area contributed by atoms with E-state index in [4.69, 9.17) is 20.0 Å². The molecule has 0 bridgehead atoms. The van der Waals surface area contributed by atoms with Crippen LogP contribution in [0.1, 0.15) is 59.2 Å². The average Bonchev–Trinajstić information content (AvgIpc) is 3.18. The molecule has 8 N–H and O–H groups in total. The van der Waals surface area contributed by atoms with Crippen LogP contribution in [0.25, 0.3) is 22.3 Å². The number of nitrogens with two attached hydrogens (primary N) is 1. The standard InChI is InChI=1S/C24H22FN3O4.CH4O3S.2H2O/c1-3-24(31)14-6-18-21-12(8-28(18)22(29)13(14)9-32-23(24)30)19-16(26)5-4-11-10(2)15(25)7-17(27-21)20(11)19;1-5(2,3)4;;/h6-7,16,31H,3-5,8-9,26H2,1-2H3;1H3,(H,2,3,4);2*1H2. The second-order valence-electron chi connectivity index (χ2n) is 9.69. The van der Waals surface area contributed by atoms with Crippen LogP contribution in [-0.4, -0.2) is 50.8 Å². The molecule has 4 heterocycles. The lowest BCUT2D eigenvalue weighted by atomic mass is 9.82. The number of aromatic nitrogens is 2. The van der Waals surface area contributed by atoms with Crippen molar-refractivity contribution in [2.24, 2.45) is 5.73 Å². The highest BCUT2D eigenvalue weighted by molar-refractivity contribution is 7.85. The summed E-state index contributed by atoms with van der Waals surface area (Å²) in [5.74, 6) is -1.08. The van der Waals surface area contributed by atoms with E-state index in [-0.39, 0.29) is 59.1 Å². The van der Waals surface area contributed by atoms with Crippen LogP contribution < -0.4 is 11.3 Å². The Morgan fingerprint density at radius 3 is 2.49 bits per heavy atom. The molecule has 3 aromatic rings. The summed E-state index contributed by atoms with van der Waals surface area (Å²) in [6.07, 6.45) is 2.15. The van der Waals surface area contributed by atoms with Crippen molar-refractivity contribution in [2.75, 3.05) is 6.26 Å². The molecule has 1 aliphatic carbocycles. The van der Waals surface area contributed by atoms with E-state index >= 15 is 0 Å². The van der Waals surface area contributed by atoms with Gasteiger partial charge in [-0.05, 0) is 48.9 Å². The SMILES string of the molecule is CCC1(O)C(=O)OCc2c1cc1n(c2=O)Cc2c-1nc1cc(F)c(C)c3c1c2C(N)CC3.CS(=O)(=O)O.O.O. The van der Waals surface area contributed by atoms with Crippen molar-refractivity contribution in [2.45, 2.75) is 57.9 Å². The number of pyridine rings is 2. The van der Waals surface area contributed by atoms with E-state index in [9.17, 15) is 27.5 Å². The zero-order chi connectivity index (χ0) is 27.0. The highest BCUT2D eigenvalue weighted by atomic mass is 32.2. The number of aliphatic hydroxyl groups is 1. The van der Waals surface area contributed by atoms with Gasteiger partial charge in [-0.3, -0.25) is 9.35 Å². The van der Waals surface area contributed by atoms with Crippen LogP contribution in [0.2, 0.25) is 0 Å². The van der Waals surface area contributed by atoms with Gasteiger partial charge in [-0.1, -0.05) is 6.92 Å². The number of cyclic esters (lactones) is 1. The van der Waals surface area contributed by atoms with Crippen LogP contribution in [-0.2, 0) is 44.8 Å². The van der Waals surface area contributed by atoms with Crippen molar-refractivity contribution in [1.82, 2.24) is 9.55 Å². The molecule has 0 saturated carbocycles. The van der Waals surface area contributed by atoms with Crippen LogP contribution in [0.15, 0.2) is 16.9 Å². The summed E-state index contributed by atoms with van der Waals surface area (Å²) in [6.45, 7) is 3.55. The molecule has 2 aromatic heterocycles. The molecule has 14 heteroatoms. The average molecular weight is 568 g/mol. The van der Waals surface area contributed by atoms with Crippen molar-refractivity contribution >= 4 is 27.0 Å². The van der Waals surface area contributed by atoms with Gasteiger partial charge in [0, 0.05) is 28.6 Å².